The van der Waals surface area contributed by atoms with Crippen LogP contribution in [0.1, 0.15) is 82.1 Å². The van der Waals surface area contributed by atoms with Gasteiger partial charge < -0.3 is 9.52 Å². The third-order valence-electron chi connectivity index (χ3n) is 6.49. The highest BCUT2D eigenvalue weighted by Crippen LogP contribution is 2.36. The summed E-state index contributed by atoms with van der Waals surface area (Å²) in [5, 5.41) is 21.6. The predicted octanol–water partition coefficient (Wildman–Crippen LogP) is 5.14. The molecule has 2 heterocycles. The number of pyridine rings is 1. The van der Waals surface area contributed by atoms with Crippen molar-refractivity contribution in [3.63, 3.8) is 0 Å². The molecule has 2 aromatic heterocycles. The number of carbonyl (C=O) groups excluding carboxylic acids is 1. The number of benzene rings is 1. The lowest BCUT2D eigenvalue weighted by Crippen LogP contribution is -2.31. The Labute approximate surface area is 180 Å². The first-order valence-electron chi connectivity index (χ1n) is 10.7. The van der Waals surface area contributed by atoms with Crippen LogP contribution in [0.2, 0.25) is 0 Å². The van der Waals surface area contributed by atoms with Crippen LogP contribution in [0, 0.1) is 39.0 Å². The average Bonchev–Trinajstić information content (AvgIpc) is 3.05. The van der Waals surface area contributed by atoms with Gasteiger partial charge in [0.15, 0.2) is 5.76 Å². The predicted molar refractivity (Wildman–Crippen MR) is 118 cm³/mol. The van der Waals surface area contributed by atoms with Crippen molar-refractivity contribution in [3.05, 3.63) is 61.6 Å². The van der Waals surface area contributed by atoms with E-state index < -0.39 is 11.3 Å². The van der Waals surface area contributed by atoms with Gasteiger partial charge >= 0.3 is 0 Å². The van der Waals surface area contributed by atoms with E-state index >= 15 is 0 Å². The Balaban J connectivity index is 1.96. The molecule has 1 aromatic carbocycles. The SMILES string of the molecule is Cc1cc(C)c2c(C)c(C(=O)c3c(C)c(C#N)c(=O)n(C4CCCCC4)c3O)oc2c1. The van der Waals surface area contributed by atoms with Gasteiger partial charge in [-0.3, -0.25) is 14.2 Å². The summed E-state index contributed by atoms with van der Waals surface area (Å²) in [4.78, 5) is 26.6. The monoisotopic (exact) mass is 418 g/mol. The van der Waals surface area contributed by atoms with E-state index in [-0.39, 0.29) is 34.4 Å². The normalized spacial score (nSPS) is 14.7. The summed E-state index contributed by atoms with van der Waals surface area (Å²) in [6.45, 7) is 7.27. The number of aromatic nitrogens is 1. The van der Waals surface area contributed by atoms with Crippen LogP contribution in [0.25, 0.3) is 11.0 Å². The second kappa shape index (κ2) is 7.73. The zero-order valence-electron chi connectivity index (χ0n) is 18.3. The molecule has 160 valence electrons. The topological polar surface area (TPSA) is 96.2 Å². The molecule has 1 fully saturated rings. The molecule has 0 amide bonds. The number of ketones is 1. The maximum absolute atomic E-state index is 13.6. The lowest BCUT2D eigenvalue weighted by Gasteiger charge is -2.26. The van der Waals surface area contributed by atoms with Gasteiger partial charge in [-0.25, -0.2) is 0 Å². The van der Waals surface area contributed by atoms with Gasteiger partial charge in [-0.1, -0.05) is 25.3 Å². The number of hydrogen-bond donors (Lipinski definition) is 1. The molecule has 0 aliphatic heterocycles. The number of nitrogens with zero attached hydrogens (tertiary/aromatic N) is 2. The molecule has 31 heavy (non-hydrogen) atoms. The zero-order chi connectivity index (χ0) is 22.4. The standard InChI is InChI=1S/C25H26N2O4/c1-13-10-14(2)20-16(4)23(31-19(20)11-13)22(28)21-15(3)18(12-26)24(29)27(25(21)30)17-8-6-5-7-9-17/h10-11,17,30H,5-9H2,1-4H3. The van der Waals surface area contributed by atoms with Crippen LogP contribution in [-0.2, 0) is 0 Å². The lowest BCUT2D eigenvalue weighted by atomic mass is 9.93. The Kier molecular flexibility index (Phi) is 5.22. The highest BCUT2D eigenvalue weighted by molar-refractivity contribution is 6.13. The second-order valence-electron chi connectivity index (χ2n) is 8.62. The Morgan fingerprint density at radius 1 is 1.13 bits per heavy atom. The molecule has 0 bridgehead atoms. The van der Waals surface area contributed by atoms with Gasteiger partial charge in [0.1, 0.15) is 17.2 Å². The Morgan fingerprint density at radius 3 is 2.45 bits per heavy atom. The van der Waals surface area contributed by atoms with E-state index in [0.717, 1.165) is 48.6 Å². The number of aromatic hydroxyl groups is 1. The average molecular weight is 418 g/mol. The van der Waals surface area contributed by atoms with E-state index in [2.05, 4.69) is 0 Å². The minimum atomic E-state index is -0.534. The van der Waals surface area contributed by atoms with Crippen molar-refractivity contribution in [1.29, 1.82) is 5.26 Å². The summed E-state index contributed by atoms with van der Waals surface area (Å²) < 4.78 is 7.20. The molecule has 1 aliphatic rings. The van der Waals surface area contributed by atoms with Gasteiger partial charge in [-0.2, -0.15) is 5.26 Å². The molecular formula is C25H26N2O4. The molecule has 0 spiro atoms. The van der Waals surface area contributed by atoms with Crippen molar-refractivity contribution in [2.75, 3.05) is 0 Å². The van der Waals surface area contributed by atoms with Crippen molar-refractivity contribution in [2.45, 2.75) is 65.8 Å². The Hall–Kier alpha value is -3.33. The maximum Gasteiger partial charge on any atom is 0.271 e. The molecule has 4 rings (SSSR count). The smallest absolute Gasteiger partial charge is 0.271 e. The molecule has 3 aromatic rings. The molecule has 0 unspecified atom stereocenters. The number of aryl methyl sites for hydroxylation is 3. The van der Waals surface area contributed by atoms with E-state index in [4.69, 9.17) is 4.42 Å². The summed E-state index contributed by atoms with van der Waals surface area (Å²) in [7, 11) is 0. The summed E-state index contributed by atoms with van der Waals surface area (Å²) in [6, 6.07) is 5.63. The highest BCUT2D eigenvalue weighted by Gasteiger charge is 2.31. The van der Waals surface area contributed by atoms with Crippen molar-refractivity contribution in [3.8, 4) is 11.9 Å². The number of nitriles is 1. The first kappa shape index (κ1) is 20.9. The van der Waals surface area contributed by atoms with E-state index in [1.807, 2.05) is 39.0 Å². The maximum atomic E-state index is 13.6. The molecular weight excluding hydrogens is 392 g/mol. The second-order valence-corrected chi connectivity index (χ2v) is 8.62. The molecule has 0 atom stereocenters. The first-order chi connectivity index (χ1) is 14.8. The van der Waals surface area contributed by atoms with E-state index in [9.17, 15) is 20.0 Å². The van der Waals surface area contributed by atoms with Crippen LogP contribution in [-0.4, -0.2) is 15.5 Å². The van der Waals surface area contributed by atoms with Crippen LogP contribution < -0.4 is 5.56 Å². The fourth-order valence-corrected chi connectivity index (χ4v) is 4.99. The summed E-state index contributed by atoms with van der Waals surface area (Å²) in [6.07, 6.45) is 4.42. The molecule has 1 N–H and O–H groups in total. The largest absolute Gasteiger partial charge is 0.494 e. The molecule has 6 heteroatoms. The zero-order valence-corrected chi connectivity index (χ0v) is 18.3. The van der Waals surface area contributed by atoms with Gasteiger partial charge in [-0.15, -0.1) is 0 Å². The van der Waals surface area contributed by atoms with Crippen LogP contribution in [0.15, 0.2) is 21.3 Å². The highest BCUT2D eigenvalue weighted by atomic mass is 16.3. The Bertz CT molecular complexity index is 1310. The van der Waals surface area contributed by atoms with Crippen LogP contribution in [0.5, 0.6) is 5.88 Å². The van der Waals surface area contributed by atoms with Crippen molar-refractivity contribution in [1.82, 2.24) is 4.57 Å². The van der Waals surface area contributed by atoms with Gasteiger partial charge in [0.25, 0.3) is 5.56 Å². The van der Waals surface area contributed by atoms with Crippen molar-refractivity contribution in [2.24, 2.45) is 0 Å². The van der Waals surface area contributed by atoms with E-state index in [1.165, 1.54) is 11.5 Å². The lowest BCUT2D eigenvalue weighted by molar-refractivity contribution is 0.100. The molecule has 1 saturated carbocycles. The number of fused-ring (bicyclic) bond motifs is 1. The summed E-state index contributed by atoms with van der Waals surface area (Å²) >= 11 is 0. The summed E-state index contributed by atoms with van der Waals surface area (Å²) in [5.41, 5.74) is 2.84. The van der Waals surface area contributed by atoms with Gasteiger partial charge in [-0.05, 0) is 63.3 Å². The molecule has 0 saturated heterocycles. The fraction of sp³-hybridized carbons (Fsp3) is 0.400. The minimum Gasteiger partial charge on any atom is -0.494 e. The van der Waals surface area contributed by atoms with E-state index in [0.29, 0.717) is 11.1 Å². The number of rotatable bonds is 3. The quantitative estimate of drug-likeness (QED) is 0.594. The van der Waals surface area contributed by atoms with Crippen LogP contribution in [0.4, 0.5) is 0 Å². The number of hydrogen-bond acceptors (Lipinski definition) is 5. The van der Waals surface area contributed by atoms with E-state index in [1.54, 1.807) is 0 Å². The number of carbonyl (C=O) groups is 1. The van der Waals surface area contributed by atoms with Crippen LogP contribution in [0.3, 0.4) is 0 Å². The Morgan fingerprint density at radius 2 is 1.81 bits per heavy atom. The third kappa shape index (κ3) is 3.25. The first-order valence-corrected chi connectivity index (χ1v) is 10.7. The van der Waals surface area contributed by atoms with Crippen LogP contribution >= 0.6 is 0 Å². The molecule has 0 radical (unpaired) electrons. The van der Waals surface area contributed by atoms with Gasteiger partial charge in [0.05, 0.1) is 5.56 Å². The number of furan rings is 1. The summed E-state index contributed by atoms with van der Waals surface area (Å²) in [5.74, 6) is -0.757. The fourth-order valence-electron chi connectivity index (χ4n) is 4.99. The third-order valence-corrected chi connectivity index (χ3v) is 6.49. The van der Waals surface area contributed by atoms with Gasteiger partial charge in [0, 0.05) is 17.0 Å². The molecule has 1 aliphatic carbocycles. The minimum absolute atomic E-state index is 0.0294. The van der Waals surface area contributed by atoms with Gasteiger partial charge in [0.2, 0.25) is 11.7 Å². The van der Waals surface area contributed by atoms with Crippen molar-refractivity contribution >= 4 is 16.8 Å². The van der Waals surface area contributed by atoms with Crippen molar-refractivity contribution < 1.29 is 14.3 Å². The molecule has 6 nitrogen and oxygen atoms in total.